The van der Waals surface area contributed by atoms with Crippen LogP contribution in [0.25, 0.3) is 0 Å². The average molecular weight is 373 g/mol. The van der Waals surface area contributed by atoms with Crippen molar-refractivity contribution in [1.82, 2.24) is 15.0 Å². The van der Waals surface area contributed by atoms with Crippen molar-refractivity contribution in [3.05, 3.63) is 41.6 Å². The molecule has 0 spiro atoms. The molecule has 1 saturated heterocycles. The van der Waals surface area contributed by atoms with E-state index in [1.807, 2.05) is 4.90 Å². The third-order valence-corrected chi connectivity index (χ3v) is 4.38. The number of pyridine rings is 1. The van der Waals surface area contributed by atoms with Gasteiger partial charge in [-0.3, -0.25) is 4.98 Å². The van der Waals surface area contributed by atoms with Crippen LogP contribution in [0.1, 0.15) is 18.5 Å². The molecule has 5 nitrogen and oxygen atoms in total. The van der Waals surface area contributed by atoms with Crippen LogP contribution in [-0.2, 0) is 6.18 Å². The summed E-state index contributed by atoms with van der Waals surface area (Å²) < 4.78 is 44.0. The number of aromatic nitrogens is 3. The van der Waals surface area contributed by atoms with Gasteiger partial charge < -0.3 is 9.64 Å². The minimum atomic E-state index is -4.46. The number of nitrogens with zero attached hydrogens (tertiary/aromatic N) is 4. The van der Waals surface area contributed by atoms with Gasteiger partial charge in [-0.05, 0) is 18.8 Å². The zero-order valence-electron chi connectivity index (χ0n) is 13.2. The van der Waals surface area contributed by atoms with Crippen molar-refractivity contribution in [1.29, 1.82) is 0 Å². The van der Waals surface area contributed by atoms with Crippen LogP contribution >= 0.6 is 11.6 Å². The maximum Gasteiger partial charge on any atom is 0.433 e. The highest BCUT2D eigenvalue weighted by Crippen LogP contribution is 2.30. The number of piperidine rings is 1. The highest BCUT2D eigenvalue weighted by Gasteiger charge is 2.33. The van der Waals surface area contributed by atoms with Crippen molar-refractivity contribution in [2.75, 3.05) is 24.6 Å². The molecule has 1 aliphatic rings. The Morgan fingerprint density at radius 1 is 1.24 bits per heavy atom. The Labute approximate surface area is 147 Å². The normalized spacial score (nSPS) is 16.1. The zero-order chi connectivity index (χ0) is 17.9. The molecule has 0 amide bonds. The fraction of sp³-hybridized carbons (Fsp3) is 0.438. The van der Waals surface area contributed by atoms with Crippen LogP contribution in [-0.4, -0.2) is 34.6 Å². The second kappa shape index (κ2) is 7.43. The molecule has 3 heterocycles. The monoisotopic (exact) mass is 372 g/mol. The van der Waals surface area contributed by atoms with Gasteiger partial charge in [-0.1, -0.05) is 11.6 Å². The Balaban J connectivity index is 1.55. The van der Waals surface area contributed by atoms with E-state index >= 15 is 0 Å². The van der Waals surface area contributed by atoms with Crippen molar-refractivity contribution >= 4 is 17.4 Å². The predicted octanol–water partition coefficient (Wildman–Crippen LogP) is 3.84. The van der Waals surface area contributed by atoms with E-state index in [-0.39, 0.29) is 0 Å². The Hall–Kier alpha value is -2.09. The summed E-state index contributed by atoms with van der Waals surface area (Å²) in [5.41, 5.74) is -0.921. The van der Waals surface area contributed by atoms with Crippen LogP contribution in [0.4, 0.5) is 19.0 Å². The van der Waals surface area contributed by atoms with Crippen LogP contribution in [0.5, 0.6) is 5.75 Å². The fourth-order valence-electron chi connectivity index (χ4n) is 2.69. The van der Waals surface area contributed by atoms with Crippen molar-refractivity contribution in [3.63, 3.8) is 0 Å². The topological polar surface area (TPSA) is 51.1 Å². The van der Waals surface area contributed by atoms with Gasteiger partial charge in [0, 0.05) is 37.6 Å². The first-order valence-electron chi connectivity index (χ1n) is 7.80. The molecule has 0 bridgehead atoms. The summed E-state index contributed by atoms with van der Waals surface area (Å²) in [4.78, 5) is 13.0. The van der Waals surface area contributed by atoms with Gasteiger partial charge in [0.25, 0.3) is 0 Å². The van der Waals surface area contributed by atoms with Gasteiger partial charge in [-0.15, -0.1) is 0 Å². The highest BCUT2D eigenvalue weighted by molar-refractivity contribution is 6.31. The second-order valence-corrected chi connectivity index (χ2v) is 6.21. The molecule has 0 saturated carbocycles. The molecular weight excluding hydrogens is 357 g/mol. The van der Waals surface area contributed by atoms with Crippen molar-refractivity contribution in [2.45, 2.75) is 19.0 Å². The van der Waals surface area contributed by atoms with Crippen LogP contribution in [0.15, 0.2) is 30.9 Å². The molecule has 25 heavy (non-hydrogen) atoms. The maximum atomic E-state index is 12.8. The Kier molecular flexibility index (Phi) is 5.27. The molecule has 0 unspecified atom stereocenters. The van der Waals surface area contributed by atoms with Gasteiger partial charge in [-0.2, -0.15) is 13.2 Å². The first-order valence-corrected chi connectivity index (χ1v) is 8.18. The Morgan fingerprint density at radius 2 is 2.00 bits per heavy atom. The van der Waals surface area contributed by atoms with Crippen LogP contribution in [0, 0.1) is 5.92 Å². The molecule has 0 aromatic carbocycles. The number of halogens is 4. The molecule has 0 atom stereocenters. The number of anilines is 1. The fourth-order valence-corrected chi connectivity index (χ4v) is 2.86. The van der Waals surface area contributed by atoms with Crippen molar-refractivity contribution in [2.24, 2.45) is 5.92 Å². The smallest absolute Gasteiger partial charge is 0.433 e. The maximum absolute atomic E-state index is 12.8. The van der Waals surface area contributed by atoms with Gasteiger partial charge >= 0.3 is 6.18 Å². The molecule has 134 valence electrons. The quantitative estimate of drug-likeness (QED) is 0.816. The van der Waals surface area contributed by atoms with Gasteiger partial charge in [-0.25, -0.2) is 9.97 Å². The molecule has 0 N–H and O–H groups in total. The minimum Gasteiger partial charge on any atom is -0.492 e. The van der Waals surface area contributed by atoms with Gasteiger partial charge in [0.2, 0.25) is 0 Å². The van der Waals surface area contributed by atoms with E-state index in [4.69, 9.17) is 16.3 Å². The zero-order valence-corrected chi connectivity index (χ0v) is 14.0. The largest absolute Gasteiger partial charge is 0.492 e. The second-order valence-electron chi connectivity index (χ2n) is 5.81. The SMILES string of the molecule is FC(F)(F)c1cc(N2CCC(COc3ccncc3Cl)CC2)ncn1. The summed E-state index contributed by atoms with van der Waals surface area (Å²) >= 11 is 5.99. The van der Waals surface area contributed by atoms with Gasteiger partial charge in [0.1, 0.15) is 28.6 Å². The van der Waals surface area contributed by atoms with Crippen molar-refractivity contribution < 1.29 is 17.9 Å². The van der Waals surface area contributed by atoms with Crippen LogP contribution in [0.3, 0.4) is 0 Å². The molecule has 1 aliphatic heterocycles. The van der Waals surface area contributed by atoms with E-state index in [1.54, 1.807) is 12.3 Å². The lowest BCUT2D eigenvalue weighted by Crippen LogP contribution is -2.36. The molecule has 1 fully saturated rings. The summed E-state index contributed by atoms with van der Waals surface area (Å²) in [7, 11) is 0. The number of rotatable bonds is 4. The summed E-state index contributed by atoms with van der Waals surface area (Å²) in [6, 6.07) is 2.70. The molecule has 3 rings (SSSR count). The number of ether oxygens (including phenoxy) is 1. The number of hydrogen-bond acceptors (Lipinski definition) is 5. The highest BCUT2D eigenvalue weighted by atomic mass is 35.5. The third kappa shape index (κ3) is 4.50. The number of hydrogen-bond donors (Lipinski definition) is 0. The molecular formula is C16H16ClF3N4O. The molecule has 2 aromatic rings. The minimum absolute atomic E-state index is 0.305. The lowest BCUT2D eigenvalue weighted by atomic mass is 9.98. The van der Waals surface area contributed by atoms with E-state index in [1.165, 1.54) is 6.20 Å². The van der Waals surface area contributed by atoms with Crippen molar-refractivity contribution in [3.8, 4) is 5.75 Å². The van der Waals surface area contributed by atoms with Crippen LogP contribution < -0.4 is 9.64 Å². The first-order chi connectivity index (χ1) is 11.9. The van der Waals surface area contributed by atoms with E-state index in [0.29, 0.717) is 42.2 Å². The predicted molar refractivity (Wildman–Crippen MR) is 86.7 cm³/mol. The number of alkyl halides is 3. The Morgan fingerprint density at radius 3 is 2.68 bits per heavy atom. The lowest BCUT2D eigenvalue weighted by molar-refractivity contribution is -0.141. The lowest BCUT2D eigenvalue weighted by Gasteiger charge is -2.32. The summed E-state index contributed by atoms with van der Waals surface area (Å²) in [5.74, 6) is 1.20. The van der Waals surface area contributed by atoms with Gasteiger partial charge in [0.15, 0.2) is 0 Å². The van der Waals surface area contributed by atoms with Gasteiger partial charge in [0.05, 0.1) is 6.61 Å². The third-order valence-electron chi connectivity index (χ3n) is 4.09. The Bertz CT molecular complexity index is 721. The molecule has 2 aromatic heterocycles. The summed E-state index contributed by atoms with van der Waals surface area (Å²) in [6.45, 7) is 1.74. The van der Waals surface area contributed by atoms with E-state index in [9.17, 15) is 13.2 Å². The van der Waals surface area contributed by atoms with E-state index in [2.05, 4.69) is 15.0 Å². The summed E-state index contributed by atoms with van der Waals surface area (Å²) in [5, 5.41) is 0.459. The van der Waals surface area contributed by atoms with E-state index in [0.717, 1.165) is 25.2 Å². The molecule has 0 radical (unpaired) electrons. The van der Waals surface area contributed by atoms with E-state index < -0.39 is 11.9 Å². The molecule has 0 aliphatic carbocycles. The average Bonchev–Trinajstić information content (AvgIpc) is 2.61. The van der Waals surface area contributed by atoms with Crippen LogP contribution in [0.2, 0.25) is 5.02 Å². The molecule has 9 heteroatoms. The first kappa shape index (κ1) is 17.7. The standard InChI is InChI=1S/C16H16ClF3N4O/c17-12-8-21-4-1-13(12)25-9-11-2-5-24(6-3-11)15-7-14(16(18,19)20)22-10-23-15/h1,4,7-8,10-11H,2-3,5-6,9H2. The summed E-state index contributed by atoms with van der Waals surface area (Å²) in [6.07, 6.45) is 1.22.